The molecule has 0 spiro atoms. The van der Waals surface area contributed by atoms with E-state index in [1.807, 2.05) is 60.7 Å². The van der Waals surface area contributed by atoms with Gasteiger partial charge in [0.1, 0.15) is 0 Å². The quantitative estimate of drug-likeness (QED) is 0.586. The van der Waals surface area contributed by atoms with Crippen LogP contribution in [0.15, 0.2) is 60.7 Å². The van der Waals surface area contributed by atoms with Gasteiger partial charge in [-0.1, -0.05) is 36.4 Å². The molecule has 1 saturated carbocycles. The van der Waals surface area contributed by atoms with Crippen molar-refractivity contribution in [3.8, 4) is 11.1 Å². The molecule has 5 N–H and O–H groups in total. The van der Waals surface area contributed by atoms with Gasteiger partial charge in [0.2, 0.25) is 11.8 Å². The fraction of sp³-hybridized carbons (Fsp3) is 0.238. The second kappa shape index (κ2) is 6.33. The third-order valence-electron chi connectivity index (χ3n) is 5.49. The van der Waals surface area contributed by atoms with Gasteiger partial charge >= 0.3 is 0 Å². The highest BCUT2D eigenvalue weighted by Crippen LogP contribution is 2.48. The zero-order valence-electron chi connectivity index (χ0n) is 14.3. The fourth-order valence-electron chi connectivity index (χ4n) is 4.21. The first kappa shape index (κ1) is 16.4. The monoisotopic (exact) mass is 347 g/mol. The van der Waals surface area contributed by atoms with E-state index in [9.17, 15) is 9.59 Å². The summed E-state index contributed by atoms with van der Waals surface area (Å²) in [6.45, 7) is 0. The Hall–Kier alpha value is -3.08. The summed E-state index contributed by atoms with van der Waals surface area (Å²) in [4.78, 5) is 24.5. The van der Waals surface area contributed by atoms with Crippen LogP contribution in [-0.4, -0.2) is 11.8 Å². The lowest BCUT2D eigenvalue weighted by molar-refractivity contribution is -0.130. The number of nitrogen functional groups attached to an aromatic ring is 1. The number of rotatable bonds is 4. The normalized spacial score (nSPS) is 26.0. The molecule has 5 heteroatoms. The molecule has 5 nitrogen and oxygen atoms in total. The van der Waals surface area contributed by atoms with Crippen molar-refractivity contribution in [3.63, 3.8) is 0 Å². The Kier molecular flexibility index (Phi) is 3.99. The summed E-state index contributed by atoms with van der Waals surface area (Å²) >= 11 is 0. The minimum Gasteiger partial charge on any atom is -0.399 e. The molecule has 0 aromatic heterocycles. The standard InChI is InChI=1S/C21H21N3O2/c22-16-7-3-12(4-8-16)13-5-9-17(10-6-13)24-21(26)19-15-2-1-14(11-15)18(19)20(23)25/h1-10,14-15,18-19H,11,22H2,(H2,23,25)(H,24,26). The molecular weight excluding hydrogens is 326 g/mol. The van der Waals surface area contributed by atoms with E-state index in [0.29, 0.717) is 5.69 Å². The molecule has 0 heterocycles. The van der Waals surface area contributed by atoms with Crippen LogP contribution >= 0.6 is 0 Å². The average Bonchev–Trinajstić information content (AvgIpc) is 3.24. The van der Waals surface area contributed by atoms with Crippen LogP contribution in [0.1, 0.15) is 6.42 Å². The molecule has 0 saturated heterocycles. The van der Waals surface area contributed by atoms with Crippen LogP contribution in [0.5, 0.6) is 0 Å². The number of benzene rings is 2. The van der Waals surface area contributed by atoms with Crippen molar-refractivity contribution < 1.29 is 9.59 Å². The van der Waals surface area contributed by atoms with Gasteiger partial charge in [0.25, 0.3) is 0 Å². The Morgan fingerprint density at radius 2 is 1.38 bits per heavy atom. The molecule has 2 aromatic carbocycles. The second-order valence-corrected chi connectivity index (χ2v) is 7.09. The van der Waals surface area contributed by atoms with E-state index in [2.05, 4.69) is 5.32 Å². The predicted octanol–water partition coefficient (Wildman–Crippen LogP) is 2.80. The summed E-state index contributed by atoms with van der Waals surface area (Å²) in [6.07, 6.45) is 4.89. The van der Waals surface area contributed by atoms with E-state index >= 15 is 0 Å². The van der Waals surface area contributed by atoms with Gasteiger partial charge in [-0.3, -0.25) is 9.59 Å². The summed E-state index contributed by atoms with van der Waals surface area (Å²) in [5.74, 6) is -1.10. The van der Waals surface area contributed by atoms with Crippen LogP contribution in [0.25, 0.3) is 11.1 Å². The molecule has 0 radical (unpaired) electrons. The molecule has 0 aliphatic heterocycles. The Balaban J connectivity index is 1.49. The van der Waals surface area contributed by atoms with Crippen LogP contribution in [0.2, 0.25) is 0 Å². The minimum atomic E-state index is -0.404. The third-order valence-corrected chi connectivity index (χ3v) is 5.49. The summed E-state index contributed by atoms with van der Waals surface area (Å²) in [7, 11) is 0. The number of carbonyl (C=O) groups is 2. The smallest absolute Gasteiger partial charge is 0.228 e. The highest BCUT2D eigenvalue weighted by Gasteiger charge is 2.50. The lowest BCUT2D eigenvalue weighted by atomic mass is 9.82. The maximum absolute atomic E-state index is 12.7. The number of hydrogen-bond acceptors (Lipinski definition) is 3. The number of allylic oxidation sites excluding steroid dienone is 2. The van der Waals surface area contributed by atoms with E-state index in [1.165, 1.54) is 0 Å². The van der Waals surface area contributed by atoms with Crippen molar-refractivity contribution >= 4 is 23.2 Å². The number of primary amides is 1. The summed E-state index contributed by atoms with van der Waals surface area (Å²) < 4.78 is 0. The number of anilines is 2. The lowest BCUT2D eigenvalue weighted by Gasteiger charge is -2.24. The first-order chi connectivity index (χ1) is 12.5. The fourth-order valence-corrected chi connectivity index (χ4v) is 4.21. The van der Waals surface area contributed by atoms with Crippen LogP contribution in [0, 0.1) is 23.7 Å². The SMILES string of the molecule is NC(=O)C1C2C=CC(C2)C1C(=O)Nc1ccc(-c2ccc(N)cc2)cc1. The van der Waals surface area contributed by atoms with Crippen LogP contribution < -0.4 is 16.8 Å². The van der Waals surface area contributed by atoms with Gasteiger partial charge < -0.3 is 16.8 Å². The predicted molar refractivity (Wildman–Crippen MR) is 102 cm³/mol. The molecule has 2 amide bonds. The largest absolute Gasteiger partial charge is 0.399 e. The third kappa shape index (κ3) is 2.86. The Bertz CT molecular complexity index is 871. The summed E-state index contributed by atoms with van der Waals surface area (Å²) in [5.41, 5.74) is 14.8. The molecule has 4 rings (SSSR count). The van der Waals surface area contributed by atoms with Gasteiger partial charge in [-0.25, -0.2) is 0 Å². The van der Waals surface area contributed by atoms with Gasteiger partial charge in [0.05, 0.1) is 11.8 Å². The number of carbonyl (C=O) groups excluding carboxylic acids is 2. The number of nitrogens with two attached hydrogens (primary N) is 2. The van der Waals surface area contributed by atoms with E-state index in [-0.39, 0.29) is 29.6 Å². The highest BCUT2D eigenvalue weighted by molar-refractivity contribution is 5.97. The number of fused-ring (bicyclic) bond motifs is 2. The van der Waals surface area contributed by atoms with E-state index < -0.39 is 5.92 Å². The molecule has 2 aliphatic carbocycles. The van der Waals surface area contributed by atoms with E-state index in [1.54, 1.807) is 0 Å². The molecule has 2 aromatic rings. The molecule has 26 heavy (non-hydrogen) atoms. The summed E-state index contributed by atoms with van der Waals surface area (Å²) in [5, 5.41) is 2.94. The van der Waals surface area contributed by atoms with Crippen molar-refractivity contribution in [2.75, 3.05) is 11.1 Å². The van der Waals surface area contributed by atoms with Gasteiger partial charge in [-0.15, -0.1) is 0 Å². The van der Waals surface area contributed by atoms with Crippen molar-refractivity contribution in [1.82, 2.24) is 0 Å². The molecule has 132 valence electrons. The topological polar surface area (TPSA) is 98.2 Å². The van der Waals surface area contributed by atoms with Gasteiger partial charge in [-0.05, 0) is 53.6 Å². The molecule has 4 unspecified atom stereocenters. The van der Waals surface area contributed by atoms with Crippen molar-refractivity contribution in [1.29, 1.82) is 0 Å². The minimum absolute atomic E-state index is 0.0983. The first-order valence-corrected chi connectivity index (χ1v) is 8.77. The average molecular weight is 347 g/mol. The number of nitrogens with one attached hydrogen (secondary N) is 1. The zero-order chi connectivity index (χ0) is 18.3. The van der Waals surface area contributed by atoms with Crippen LogP contribution in [0.3, 0.4) is 0 Å². The lowest BCUT2D eigenvalue weighted by Crippen LogP contribution is -2.39. The molecule has 2 aliphatic rings. The Morgan fingerprint density at radius 3 is 1.96 bits per heavy atom. The van der Waals surface area contributed by atoms with Crippen LogP contribution in [0.4, 0.5) is 11.4 Å². The first-order valence-electron chi connectivity index (χ1n) is 8.77. The van der Waals surface area contributed by atoms with Gasteiger partial charge in [-0.2, -0.15) is 0 Å². The van der Waals surface area contributed by atoms with E-state index in [0.717, 1.165) is 23.2 Å². The van der Waals surface area contributed by atoms with E-state index in [4.69, 9.17) is 11.5 Å². The van der Waals surface area contributed by atoms with Crippen molar-refractivity contribution in [2.24, 2.45) is 29.4 Å². The molecule has 2 bridgehead atoms. The molecular formula is C21H21N3O2. The zero-order valence-corrected chi connectivity index (χ0v) is 14.3. The van der Waals surface area contributed by atoms with Gasteiger partial charge in [0, 0.05) is 11.4 Å². The molecule has 4 atom stereocenters. The molecule has 1 fully saturated rings. The number of hydrogen-bond donors (Lipinski definition) is 3. The number of amides is 2. The highest BCUT2D eigenvalue weighted by atomic mass is 16.2. The maximum atomic E-state index is 12.7. The van der Waals surface area contributed by atoms with Crippen molar-refractivity contribution in [3.05, 3.63) is 60.7 Å². The summed E-state index contributed by atoms with van der Waals surface area (Å²) in [6, 6.07) is 15.3. The Labute approximate surface area is 152 Å². The van der Waals surface area contributed by atoms with Gasteiger partial charge in [0.15, 0.2) is 0 Å². The second-order valence-electron chi connectivity index (χ2n) is 7.09. The van der Waals surface area contributed by atoms with Crippen molar-refractivity contribution in [2.45, 2.75) is 6.42 Å². The Morgan fingerprint density at radius 1 is 0.846 bits per heavy atom. The maximum Gasteiger partial charge on any atom is 0.228 e. The van der Waals surface area contributed by atoms with Crippen LogP contribution in [-0.2, 0) is 9.59 Å².